The molecule has 0 aliphatic carbocycles. The van der Waals surface area contributed by atoms with Crippen molar-refractivity contribution in [2.45, 2.75) is 39.5 Å². The van der Waals surface area contributed by atoms with E-state index in [1.54, 1.807) is 0 Å². The number of hydrogen-bond acceptors (Lipinski definition) is 3. The van der Waals surface area contributed by atoms with Crippen molar-refractivity contribution in [2.24, 2.45) is 0 Å². The van der Waals surface area contributed by atoms with Crippen molar-refractivity contribution in [3.63, 3.8) is 0 Å². The fraction of sp³-hybridized carbons (Fsp3) is 0.400. The average Bonchev–Trinajstić information content (AvgIpc) is 2.39. The van der Waals surface area contributed by atoms with E-state index in [0.717, 1.165) is 12.5 Å². The normalized spacial score (nSPS) is 12.6. The Balaban J connectivity index is 5.75. The summed E-state index contributed by atoms with van der Waals surface area (Å²) in [7, 11) is 0. The van der Waals surface area contributed by atoms with Crippen LogP contribution in [0.25, 0.3) is 0 Å². The zero-order valence-corrected chi connectivity index (χ0v) is 12.2. The van der Waals surface area contributed by atoms with E-state index < -0.39 is 17.9 Å². The summed E-state index contributed by atoms with van der Waals surface area (Å²) in [5.41, 5.74) is -0.0494. The molecule has 6 heteroatoms. The van der Waals surface area contributed by atoms with E-state index in [1.807, 2.05) is 6.92 Å². The van der Waals surface area contributed by atoms with Crippen LogP contribution in [-0.2, 0) is 14.4 Å². The van der Waals surface area contributed by atoms with E-state index in [4.69, 9.17) is 10.2 Å². The van der Waals surface area contributed by atoms with Gasteiger partial charge in [-0.25, -0.2) is 14.4 Å². The van der Waals surface area contributed by atoms with Gasteiger partial charge in [-0.3, -0.25) is 0 Å². The highest BCUT2D eigenvalue weighted by Crippen LogP contribution is 2.22. The smallest absolute Gasteiger partial charge is 0.335 e. The molecule has 0 aromatic rings. The summed E-state index contributed by atoms with van der Waals surface area (Å²) < 4.78 is 0. The van der Waals surface area contributed by atoms with Gasteiger partial charge in [-0.2, -0.15) is 0 Å². The largest absolute Gasteiger partial charge is 0.478 e. The predicted octanol–water partition coefficient (Wildman–Crippen LogP) is 2.62. The van der Waals surface area contributed by atoms with E-state index in [2.05, 4.69) is 6.58 Å². The molecule has 0 aromatic carbocycles. The minimum Gasteiger partial charge on any atom is -0.478 e. The molecule has 0 unspecified atom stereocenters. The number of carbonyl (C=O) groups is 3. The maximum atomic E-state index is 11.3. The third-order valence-corrected chi connectivity index (χ3v) is 2.87. The van der Waals surface area contributed by atoms with Gasteiger partial charge in [0, 0.05) is 17.6 Å². The molecular weight excluding hydrogens is 276 g/mol. The summed E-state index contributed by atoms with van der Waals surface area (Å²) >= 11 is 0. The molecule has 0 heterocycles. The van der Waals surface area contributed by atoms with Crippen LogP contribution in [0.1, 0.15) is 39.5 Å². The predicted molar refractivity (Wildman–Crippen MR) is 77.0 cm³/mol. The van der Waals surface area contributed by atoms with Crippen LogP contribution in [0.2, 0.25) is 0 Å². The lowest BCUT2D eigenvalue weighted by molar-refractivity contribution is -0.134. The Hall–Kier alpha value is -2.37. The second-order valence-corrected chi connectivity index (χ2v) is 4.64. The first-order valence-corrected chi connectivity index (χ1v) is 6.48. The van der Waals surface area contributed by atoms with Crippen LogP contribution in [0.4, 0.5) is 0 Å². The molecule has 0 rings (SSSR count). The van der Waals surface area contributed by atoms with Gasteiger partial charge >= 0.3 is 17.9 Å². The van der Waals surface area contributed by atoms with Crippen LogP contribution < -0.4 is 0 Å². The molecule has 21 heavy (non-hydrogen) atoms. The van der Waals surface area contributed by atoms with Gasteiger partial charge in [-0.1, -0.05) is 25.5 Å². The fourth-order valence-corrected chi connectivity index (χ4v) is 1.63. The molecule has 0 aromatic heterocycles. The zero-order valence-electron chi connectivity index (χ0n) is 12.2. The molecule has 0 aliphatic heterocycles. The van der Waals surface area contributed by atoms with E-state index >= 15 is 0 Å². The van der Waals surface area contributed by atoms with Gasteiger partial charge in [0.05, 0.1) is 5.57 Å². The highest BCUT2D eigenvalue weighted by atomic mass is 16.4. The number of rotatable bonds is 9. The van der Waals surface area contributed by atoms with Crippen molar-refractivity contribution in [1.29, 1.82) is 0 Å². The molecule has 6 nitrogen and oxygen atoms in total. The Bertz CT molecular complexity index is 510. The van der Waals surface area contributed by atoms with E-state index in [1.165, 1.54) is 6.92 Å². The lowest BCUT2D eigenvalue weighted by Gasteiger charge is -2.11. The molecule has 0 atom stereocenters. The molecule has 3 N–H and O–H groups in total. The topological polar surface area (TPSA) is 112 Å². The lowest BCUT2D eigenvalue weighted by atomic mass is 9.94. The van der Waals surface area contributed by atoms with Crippen LogP contribution in [0.3, 0.4) is 0 Å². The van der Waals surface area contributed by atoms with Crippen molar-refractivity contribution in [1.82, 2.24) is 0 Å². The lowest BCUT2D eigenvalue weighted by Crippen LogP contribution is -2.08. The SMILES string of the molecule is C=C(CC(CCCC)=C(C=C(C)C(=O)O)C(=O)O)C(=O)O. The van der Waals surface area contributed by atoms with Crippen LogP contribution in [0.15, 0.2) is 34.9 Å². The number of carboxylic acid groups (broad SMARTS) is 3. The molecule has 0 amide bonds. The fourth-order valence-electron chi connectivity index (χ4n) is 1.63. The second-order valence-electron chi connectivity index (χ2n) is 4.64. The first-order valence-electron chi connectivity index (χ1n) is 6.48. The highest BCUT2D eigenvalue weighted by Gasteiger charge is 2.17. The molecule has 0 fully saturated rings. The quantitative estimate of drug-likeness (QED) is 0.445. The Morgan fingerprint density at radius 1 is 1.05 bits per heavy atom. The number of carboxylic acids is 3. The number of hydrogen-bond donors (Lipinski definition) is 3. The highest BCUT2D eigenvalue weighted by molar-refractivity contribution is 5.95. The number of aliphatic carboxylic acids is 3. The van der Waals surface area contributed by atoms with E-state index in [0.29, 0.717) is 18.4 Å². The summed E-state index contributed by atoms with van der Waals surface area (Å²) in [4.78, 5) is 33.0. The first kappa shape index (κ1) is 18.6. The Kier molecular flexibility index (Phi) is 7.75. The molecule has 0 radical (unpaired) electrons. The minimum atomic E-state index is -1.28. The number of unbranched alkanes of at least 4 members (excludes halogenated alkanes) is 1. The van der Waals surface area contributed by atoms with Crippen molar-refractivity contribution in [3.8, 4) is 0 Å². The zero-order chi connectivity index (χ0) is 16.6. The van der Waals surface area contributed by atoms with Crippen LogP contribution in [0, 0.1) is 0 Å². The van der Waals surface area contributed by atoms with Crippen molar-refractivity contribution < 1.29 is 29.7 Å². The monoisotopic (exact) mass is 296 g/mol. The molecule has 0 saturated heterocycles. The molecule has 0 bridgehead atoms. The average molecular weight is 296 g/mol. The molecule has 0 spiro atoms. The molecular formula is C15H20O6. The number of allylic oxidation sites excluding steroid dienone is 1. The Morgan fingerprint density at radius 2 is 1.62 bits per heavy atom. The van der Waals surface area contributed by atoms with E-state index in [9.17, 15) is 19.5 Å². The summed E-state index contributed by atoms with van der Waals surface area (Å²) in [6.45, 7) is 6.60. The summed E-state index contributed by atoms with van der Waals surface area (Å²) in [5, 5.41) is 27.0. The van der Waals surface area contributed by atoms with Crippen molar-refractivity contribution in [2.75, 3.05) is 0 Å². The molecule has 116 valence electrons. The van der Waals surface area contributed by atoms with Crippen LogP contribution in [0.5, 0.6) is 0 Å². The van der Waals surface area contributed by atoms with Crippen molar-refractivity contribution >= 4 is 17.9 Å². The van der Waals surface area contributed by atoms with Crippen LogP contribution in [-0.4, -0.2) is 33.2 Å². The van der Waals surface area contributed by atoms with Crippen molar-refractivity contribution in [3.05, 3.63) is 34.9 Å². The molecule has 0 saturated carbocycles. The minimum absolute atomic E-state index is 0.0969. The van der Waals surface area contributed by atoms with Gasteiger partial charge in [0.1, 0.15) is 0 Å². The maximum absolute atomic E-state index is 11.3. The second kappa shape index (κ2) is 8.73. The Labute approximate surface area is 123 Å². The summed E-state index contributed by atoms with van der Waals surface area (Å²) in [6, 6.07) is 0. The summed E-state index contributed by atoms with van der Waals surface area (Å²) in [5.74, 6) is -3.70. The summed E-state index contributed by atoms with van der Waals surface area (Å²) in [6.07, 6.45) is 2.83. The van der Waals surface area contributed by atoms with Gasteiger partial charge < -0.3 is 15.3 Å². The molecule has 0 aliphatic rings. The Morgan fingerprint density at radius 3 is 2.00 bits per heavy atom. The van der Waals surface area contributed by atoms with Gasteiger partial charge in [-0.05, 0) is 25.8 Å². The van der Waals surface area contributed by atoms with Crippen LogP contribution >= 0.6 is 0 Å². The van der Waals surface area contributed by atoms with E-state index in [-0.39, 0.29) is 23.1 Å². The van der Waals surface area contributed by atoms with Gasteiger partial charge in [0.2, 0.25) is 0 Å². The van der Waals surface area contributed by atoms with Gasteiger partial charge in [0.25, 0.3) is 0 Å². The third kappa shape index (κ3) is 6.56. The third-order valence-electron chi connectivity index (χ3n) is 2.87. The maximum Gasteiger partial charge on any atom is 0.335 e. The standard InChI is InChI=1S/C15H20O6/c1-4-5-6-11(7-9(2)13(16)17)12(15(20)21)8-10(3)14(18)19/h8H,2,4-7H2,1,3H3,(H,16,17)(H,18,19)(H,20,21). The first-order chi connectivity index (χ1) is 9.70. The van der Waals surface area contributed by atoms with Gasteiger partial charge in [-0.15, -0.1) is 0 Å². The van der Waals surface area contributed by atoms with Gasteiger partial charge in [0.15, 0.2) is 0 Å².